The minimum atomic E-state index is -0.366. The van der Waals surface area contributed by atoms with Crippen molar-refractivity contribution in [2.24, 2.45) is 0 Å². The summed E-state index contributed by atoms with van der Waals surface area (Å²) < 4.78 is 0. The predicted octanol–water partition coefficient (Wildman–Crippen LogP) is 5.04. The highest BCUT2D eigenvalue weighted by atomic mass is 16.3. The Kier molecular flexibility index (Phi) is 4.59. The van der Waals surface area contributed by atoms with Crippen LogP contribution >= 0.6 is 0 Å². The average Bonchev–Trinajstić information content (AvgIpc) is 2.68. The van der Waals surface area contributed by atoms with E-state index in [2.05, 4.69) is 10.6 Å². The average molecular weight is 386 g/mol. The second-order valence-electron chi connectivity index (χ2n) is 7.56. The lowest BCUT2D eigenvalue weighted by atomic mass is 9.81. The fourth-order valence-electron chi connectivity index (χ4n) is 3.63. The molecule has 0 fully saturated rings. The maximum Gasteiger partial charge on any atom is 0.200 e. The van der Waals surface area contributed by atoms with Crippen molar-refractivity contribution >= 4 is 28.6 Å². The zero-order valence-electron chi connectivity index (χ0n) is 16.5. The number of carbonyl (C=O) groups is 2. The first-order valence-electron chi connectivity index (χ1n) is 9.55. The zero-order valence-corrected chi connectivity index (χ0v) is 16.5. The van der Waals surface area contributed by atoms with Gasteiger partial charge in [-0.1, -0.05) is 29.8 Å². The lowest BCUT2D eigenvalue weighted by Crippen LogP contribution is -2.25. The number of ketones is 2. The Hall–Kier alpha value is -3.60. The quantitative estimate of drug-likeness (QED) is 0.458. The summed E-state index contributed by atoms with van der Waals surface area (Å²) in [5, 5.41) is 16.8. The number of benzene rings is 3. The fraction of sp³-hybridized carbons (Fsp3) is 0.167. The van der Waals surface area contributed by atoms with E-state index in [4.69, 9.17) is 0 Å². The highest BCUT2D eigenvalue weighted by Gasteiger charge is 2.36. The normalized spacial score (nSPS) is 12.6. The predicted molar refractivity (Wildman–Crippen MR) is 115 cm³/mol. The topological polar surface area (TPSA) is 78.4 Å². The van der Waals surface area contributed by atoms with Crippen molar-refractivity contribution in [2.45, 2.75) is 26.8 Å². The van der Waals surface area contributed by atoms with Gasteiger partial charge in [-0.3, -0.25) is 9.59 Å². The molecule has 1 aliphatic rings. The molecule has 0 radical (unpaired) electrons. The van der Waals surface area contributed by atoms with Gasteiger partial charge in [0, 0.05) is 23.0 Å². The minimum Gasteiger partial charge on any atom is -0.507 e. The molecule has 0 aliphatic heterocycles. The van der Waals surface area contributed by atoms with E-state index in [0.717, 1.165) is 11.3 Å². The van der Waals surface area contributed by atoms with Gasteiger partial charge in [-0.2, -0.15) is 0 Å². The van der Waals surface area contributed by atoms with Crippen molar-refractivity contribution in [3.8, 4) is 5.75 Å². The van der Waals surface area contributed by atoms with Gasteiger partial charge in [-0.05, 0) is 51.1 Å². The highest BCUT2D eigenvalue weighted by molar-refractivity contribution is 6.32. The molecule has 0 unspecified atom stereocenters. The molecule has 0 saturated heterocycles. The number of carbonyl (C=O) groups excluding carboxylic acids is 2. The molecule has 0 atom stereocenters. The van der Waals surface area contributed by atoms with Crippen LogP contribution in [0.5, 0.6) is 5.75 Å². The van der Waals surface area contributed by atoms with Crippen LogP contribution in [0.25, 0.3) is 0 Å². The van der Waals surface area contributed by atoms with Crippen LogP contribution in [0.2, 0.25) is 0 Å². The molecule has 146 valence electrons. The molecule has 0 saturated carbocycles. The molecule has 0 amide bonds. The molecule has 0 aromatic heterocycles. The first-order valence-corrected chi connectivity index (χ1v) is 9.55. The number of phenolic OH excluding ortho intramolecular Hbond substituents is 1. The number of hydrogen-bond acceptors (Lipinski definition) is 5. The van der Waals surface area contributed by atoms with Crippen molar-refractivity contribution in [1.82, 2.24) is 0 Å². The number of rotatable bonds is 4. The Morgan fingerprint density at radius 1 is 0.793 bits per heavy atom. The van der Waals surface area contributed by atoms with Gasteiger partial charge in [0.2, 0.25) is 0 Å². The van der Waals surface area contributed by atoms with Crippen LogP contribution in [-0.4, -0.2) is 22.7 Å². The second-order valence-corrected chi connectivity index (χ2v) is 7.56. The maximum absolute atomic E-state index is 13.4. The van der Waals surface area contributed by atoms with Gasteiger partial charge in [-0.25, -0.2) is 0 Å². The lowest BCUT2D eigenvalue weighted by Gasteiger charge is -2.25. The summed E-state index contributed by atoms with van der Waals surface area (Å²) in [4.78, 5) is 26.7. The van der Waals surface area contributed by atoms with Gasteiger partial charge in [-0.15, -0.1) is 0 Å². The van der Waals surface area contributed by atoms with Crippen molar-refractivity contribution < 1.29 is 14.7 Å². The molecule has 4 rings (SSSR count). The van der Waals surface area contributed by atoms with Gasteiger partial charge in [0.15, 0.2) is 11.6 Å². The van der Waals surface area contributed by atoms with Crippen LogP contribution < -0.4 is 10.6 Å². The molecule has 0 bridgehead atoms. The zero-order chi connectivity index (χ0) is 20.7. The van der Waals surface area contributed by atoms with Gasteiger partial charge in [0.05, 0.1) is 22.4 Å². The SMILES string of the molecule is Cc1ccc(Nc2ccc(NC(C)C)c3c2C(=O)c2c(O)cccc2C3=O)cc1. The summed E-state index contributed by atoms with van der Waals surface area (Å²) in [6, 6.07) is 16.1. The first kappa shape index (κ1) is 18.7. The van der Waals surface area contributed by atoms with E-state index in [1.807, 2.05) is 51.1 Å². The van der Waals surface area contributed by atoms with E-state index >= 15 is 0 Å². The second kappa shape index (κ2) is 7.09. The molecule has 5 heteroatoms. The molecular formula is C24H22N2O3. The molecule has 1 aliphatic carbocycles. The van der Waals surface area contributed by atoms with E-state index < -0.39 is 0 Å². The van der Waals surface area contributed by atoms with Crippen molar-refractivity contribution in [1.29, 1.82) is 0 Å². The molecule has 3 aromatic carbocycles. The van der Waals surface area contributed by atoms with Crippen LogP contribution in [0.15, 0.2) is 54.6 Å². The summed E-state index contributed by atoms with van der Waals surface area (Å²) in [7, 11) is 0. The van der Waals surface area contributed by atoms with Crippen molar-refractivity contribution in [2.75, 3.05) is 10.6 Å². The summed E-state index contributed by atoms with van der Waals surface area (Å²) in [5.74, 6) is -0.828. The Morgan fingerprint density at radius 2 is 1.45 bits per heavy atom. The monoisotopic (exact) mass is 386 g/mol. The van der Waals surface area contributed by atoms with Crippen molar-refractivity contribution in [3.05, 3.63) is 82.4 Å². The third-order valence-corrected chi connectivity index (χ3v) is 4.95. The Balaban J connectivity index is 1.92. The minimum absolute atomic E-state index is 0.0543. The van der Waals surface area contributed by atoms with Gasteiger partial charge < -0.3 is 15.7 Å². The highest BCUT2D eigenvalue weighted by Crippen LogP contribution is 2.40. The largest absolute Gasteiger partial charge is 0.507 e. The smallest absolute Gasteiger partial charge is 0.200 e. The van der Waals surface area contributed by atoms with E-state index in [1.54, 1.807) is 18.2 Å². The third kappa shape index (κ3) is 3.25. The molecule has 29 heavy (non-hydrogen) atoms. The van der Waals surface area contributed by atoms with Crippen LogP contribution in [0.3, 0.4) is 0 Å². The maximum atomic E-state index is 13.4. The molecule has 3 aromatic rings. The fourth-order valence-corrected chi connectivity index (χ4v) is 3.63. The van der Waals surface area contributed by atoms with Crippen molar-refractivity contribution in [3.63, 3.8) is 0 Å². The molecule has 0 spiro atoms. The molecule has 5 nitrogen and oxygen atoms in total. The number of anilines is 3. The van der Waals surface area contributed by atoms with E-state index in [-0.39, 0.29) is 40.0 Å². The van der Waals surface area contributed by atoms with E-state index in [1.165, 1.54) is 6.07 Å². The number of aromatic hydroxyl groups is 1. The molecule has 0 heterocycles. The molecular weight excluding hydrogens is 364 g/mol. The van der Waals surface area contributed by atoms with E-state index in [0.29, 0.717) is 16.9 Å². The van der Waals surface area contributed by atoms with Gasteiger partial charge in [0.1, 0.15) is 5.75 Å². The van der Waals surface area contributed by atoms with Gasteiger partial charge in [0.25, 0.3) is 0 Å². The number of aryl methyl sites for hydroxylation is 1. The van der Waals surface area contributed by atoms with E-state index in [9.17, 15) is 14.7 Å². The Bertz CT molecular complexity index is 1130. The van der Waals surface area contributed by atoms with Crippen LogP contribution in [-0.2, 0) is 0 Å². The van der Waals surface area contributed by atoms with Crippen LogP contribution in [0, 0.1) is 6.92 Å². The number of fused-ring (bicyclic) bond motifs is 2. The first-order chi connectivity index (χ1) is 13.9. The van der Waals surface area contributed by atoms with Crippen LogP contribution in [0.1, 0.15) is 51.3 Å². The summed E-state index contributed by atoms with van der Waals surface area (Å²) in [5.41, 5.74) is 3.96. The number of phenols is 1. The molecule has 3 N–H and O–H groups in total. The lowest BCUT2D eigenvalue weighted by molar-refractivity contribution is 0.0978. The Labute approximate surface area is 169 Å². The summed E-state index contributed by atoms with van der Waals surface area (Å²) in [6.07, 6.45) is 0. The number of hydrogen-bond donors (Lipinski definition) is 3. The summed E-state index contributed by atoms with van der Waals surface area (Å²) in [6.45, 7) is 5.94. The van der Waals surface area contributed by atoms with Gasteiger partial charge >= 0.3 is 0 Å². The number of nitrogens with one attached hydrogen (secondary N) is 2. The Morgan fingerprint density at radius 3 is 2.14 bits per heavy atom. The summed E-state index contributed by atoms with van der Waals surface area (Å²) >= 11 is 0. The standard InChI is InChI=1S/C24H22N2O3/c1-13(2)25-17-11-12-18(26-15-9-7-14(3)8-10-15)22-21(17)23(28)16-5-4-6-19(27)20(16)24(22)29/h4-13,25-27H,1-3H3. The third-order valence-electron chi connectivity index (χ3n) is 4.95. The van der Waals surface area contributed by atoms with Crippen LogP contribution in [0.4, 0.5) is 17.1 Å².